The molecule has 2 aliphatic rings. The minimum absolute atomic E-state index is 0.0836. The number of methoxy groups -OCH3 is 1. The number of carbonyl (C=O) groups excluding carboxylic acids is 1. The molecule has 174 valence electrons. The van der Waals surface area contributed by atoms with E-state index in [9.17, 15) is 4.79 Å². The number of benzene rings is 2. The van der Waals surface area contributed by atoms with Crippen molar-refractivity contribution in [2.45, 2.75) is 38.1 Å². The highest BCUT2D eigenvalue weighted by Crippen LogP contribution is 2.38. The predicted octanol–water partition coefficient (Wildman–Crippen LogP) is 3.95. The first kappa shape index (κ1) is 21.8. The Morgan fingerprint density at radius 1 is 1.12 bits per heavy atom. The van der Waals surface area contributed by atoms with Gasteiger partial charge in [0.2, 0.25) is 5.91 Å². The van der Waals surface area contributed by atoms with E-state index in [1.807, 2.05) is 30.3 Å². The van der Waals surface area contributed by atoms with Crippen LogP contribution in [0, 0.1) is 0 Å². The minimum Gasteiger partial charge on any atom is -0.493 e. The van der Waals surface area contributed by atoms with Gasteiger partial charge in [0.05, 0.1) is 30.4 Å². The standard InChI is InChI=1S/C26H32N4O3/c1-32-23-16-20-22(17-24(23)33-14-6-13-30-11-4-5-12-30)29-21-8-3-2-7-19(21)26(20)28-18-9-10-27-25(31)15-18/h2-3,7-8,16-18H,4-6,9-15H2,1H3,(H,27,31)(H,28,29). The lowest BCUT2D eigenvalue weighted by atomic mass is 10.0. The number of ether oxygens (including phenoxy) is 2. The minimum atomic E-state index is 0.0836. The van der Waals surface area contributed by atoms with Gasteiger partial charge in [0.15, 0.2) is 11.5 Å². The van der Waals surface area contributed by atoms with E-state index in [2.05, 4.69) is 21.6 Å². The topological polar surface area (TPSA) is 75.7 Å². The van der Waals surface area contributed by atoms with Gasteiger partial charge in [0, 0.05) is 42.4 Å². The molecule has 2 saturated heterocycles. The highest BCUT2D eigenvalue weighted by Gasteiger charge is 2.22. The van der Waals surface area contributed by atoms with Gasteiger partial charge in [0.25, 0.3) is 0 Å². The van der Waals surface area contributed by atoms with Crippen LogP contribution in [-0.2, 0) is 4.79 Å². The van der Waals surface area contributed by atoms with E-state index in [-0.39, 0.29) is 11.9 Å². The number of carbonyl (C=O) groups is 1. The van der Waals surface area contributed by atoms with Crippen molar-refractivity contribution in [2.75, 3.05) is 45.2 Å². The Labute approximate surface area is 194 Å². The zero-order chi connectivity index (χ0) is 22.6. The third kappa shape index (κ3) is 4.83. The molecule has 1 amide bonds. The molecular weight excluding hydrogens is 416 g/mol. The van der Waals surface area contributed by atoms with Crippen LogP contribution in [0.25, 0.3) is 21.8 Å². The Morgan fingerprint density at radius 2 is 1.97 bits per heavy atom. The molecule has 33 heavy (non-hydrogen) atoms. The molecule has 2 aliphatic heterocycles. The molecule has 2 N–H and O–H groups in total. The molecule has 2 fully saturated rings. The lowest BCUT2D eigenvalue weighted by Crippen LogP contribution is -2.39. The van der Waals surface area contributed by atoms with Crippen LogP contribution in [0.1, 0.15) is 32.1 Å². The summed E-state index contributed by atoms with van der Waals surface area (Å²) in [7, 11) is 1.67. The Bertz CT molecular complexity index is 1140. The number of hydrogen-bond acceptors (Lipinski definition) is 6. The van der Waals surface area contributed by atoms with Gasteiger partial charge in [-0.2, -0.15) is 0 Å². The summed E-state index contributed by atoms with van der Waals surface area (Å²) in [5, 5.41) is 8.57. The maximum Gasteiger partial charge on any atom is 0.222 e. The highest BCUT2D eigenvalue weighted by molar-refractivity contribution is 6.08. The van der Waals surface area contributed by atoms with Crippen molar-refractivity contribution >= 4 is 33.4 Å². The first-order valence-electron chi connectivity index (χ1n) is 12.0. The molecule has 7 nitrogen and oxygen atoms in total. The smallest absolute Gasteiger partial charge is 0.222 e. The summed E-state index contributed by atoms with van der Waals surface area (Å²) in [5.74, 6) is 1.51. The fraction of sp³-hybridized carbons (Fsp3) is 0.462. The maximum atomic E-state index is 11.9. The average Bonchev–Trinajstić information content (AvgIpc) is 3.35. The van der Waals surface area contributed by atoms with Gasteiger partial charge in [-0.05, 0) is 50.9 Å². The number of likely N-dealkylation sites (tertiary alicyclic amines) is 1. The third-order valence-corrected chi connectivity index (χ3v) is 6.64. The van der Waals surface area contributed by atoms with Crippen LogP contribution in [0.2, 0.25) is 0 Å². The Balaban J connectivity index is 1.45. The molecule has 0 radical (unpaired) electrons. The quantitative estimate of drug-likeness (QED) is 0.401. The SMILES string of the molecule is COc1cc2c(NC3CCNC(=O)C3)c3ccccc3nc2cc1OCCCN1CCCC1. The van der Waals surface area contributed by atoms with E-state index in [4.69, 9.17) is 14.5 Å². The molecule has 0 bridgehead atoms. The van der Waals surface area contributed by atoms with Gasteiger partial charge in [0.1, 0.15) is 0 Å². The second-order valence-corrected chi connectivity index (χ2v) is 8.96. The van der Waals surface area contributed by atoms with Gasteiger partial charge < -0.3 is 25.0 Å². The highest BCUT2D eigenvalue weighted by atomic mass is 16.5. The molecule has 0 saturated carbocycles. The van der Waals surface area contributed by atoms with E-state index in [0.29, 0.717) is 25.3 Å². The number of nitrogens with one attached hydrogen (secondary N) is 2. The molecule has 1 unspecified atom stereocenters. The third-order valence-electron chi connectivity index (χ3n) is 6.64. The molecule has 5 rings (SSSR count). The van der Waals surface area contributed by atoms with Crippen LogP contribution in [0.3, 0.4) is 0 Å². The lowest BCUT2D eigenvalue weighted by molar-refractivity contribution is -0.122. The molecule has 0 aliphatic carbocycles. The van der Waals surface area contributed by atoms with Crippen molar-refractivity contribution in [1.29, 1.82) is 0 Å². The number of anilines is 1. The van der Waals surface area contributed by atoms with Gasteiger partial charge in [-0.25, -0.2) is 4.98 Å². The zero-order valence-corrected chi connectivity index (χ0v) is 19.2. The van der Waals surface area contributed by atoms with Crippen LogP contribution in [0.15, 0.2) is 36.4 Å². The number of nitrogens with zero attached hydrogens (tertiary/aromatic N) is 2. The molecule has 3 heterocycles. The largest absolute Gasteiger partial charge is 0.493 e. The van der Waals surface area contributed by atoms with Crippen LogP contribution in [0.5, 0.6) is 11.5 Å². The maximum absolute atomic E-state index is 11.9. The van der Waals surface area contributed by atoms with Crippen molar-refractivity contribution < 1.29 is 14.3 Å². The summed E-state index contributed by atoms with van der Waals surface area (Å²) in [4.78, 5) is 19.4. The van der Waals surface area contributed by atoms with Crippen LogP contribution < -0.4 is 20.1 Å². The van der Waals surface area contributed by atoms with E-state index in [1.54, 1.807) is 7.11 Å². The summed E-state index contributed by atoms with van der Waals surface area (Å²) >= 11 is 0. The van der Waals surface area contributed by atoms with Gasteiger partial charge in [-0.3, -0.25) is 4.79 Å². The number of piperidine rings is 1. The average molecular weight is 449 g/mol. The second-order valence-electron chi connectivity index (χ2n) is 8.96. The normalized spacial score (nSPS) is 19.1. The van der Waals surface area contributed by atoms with Crippen LogP contribution in [0.4, 0.5) is 5.69 Å². The van der Waals surface area contributed by atoms with Crippen molar-refractivity contribution in [1.82, 2.24) is 15.2 Å². The summed E-state index contributed by atoms with van der Waals surface area (Å²) in [6.07, 6.45) is 4.96. The molecule has 1 aromatic heterocycles. The number of hydrogen-bond donors (Lipinski definition) is 2. The van der Waals surface area contributed by atoms with Gasteiger partial charge in [-0.15, -0.1) is 0 Å². The Hall–Kier alpha value is -3.06. The number of para-hydroxylation sites is 1. The van der Waals surface area contributed by atoms with Crippen molar-refractivity contribution in [3.05, 3.63) is 36.4 Å². The fourth-order valence-corrected chi connectivity index (χ4v) is 4.91. The van der Waals surface area contributed by atoms with Crippen molar-refractivity contribution in [3.8, 4) is 11.5 Å². The van der Waals surface area contributed by atoms with E-state index in [1.165, 1.54) is 25.9 Å². The summed E-state index contributed by atoms with van der Waals surface area (Å²) in [6.45, 7) is 4.82. The number of amides is 1. The van der Waals surface area contributed by atoms with E-state index >= 15 is 0 Å². The fourth-order valence-electron chi connectivity index (χ4n) is 4.91. The predicted molar refractivity (Wildman–Crippen MR) is 131 cm³/mol. The Kier molecular flexibility index (Phi) is 6.48. The first-order chi connectivity index (χ1) is 16.2. The Morgan fingerprint density at radius 3 is 2.79 bits per heavy atom. The zero-order valence-electron chi connectivity index (χ0n) is 19.2. The molecule has 7 heteroatoms. The molecular formula is C26H32N4O3. The van der Waals surface area contributed by atoms with Crippen LogP contribution >= 0.6 is 0 Å². The molecule has 0 spiro atoms. The van der Waals surface area contributed by atoms with Crippen molar-refractivity contribution in [3.63, 3.8) is 0 Å². The number of aromatic nitrogens is 1. The monoisotopic (exact) mass is 448 g/mol. The van der Waals surface area contributed by atoms with Crippen LogP contribution in [-0.4, -0.2) is 61.7 Å². The number of pyridine rings is 1. The van der Waals surface area contributed by atoms with E-state index < -0.39 is 0 Å². The van der Waals surface area contributed by atoms with Crippen molar-refractivity contribution in [2.24, 2.45) is 0 Å². The van der Waals surface area contributed by atoms with E-state index in [0.717, 1.165) is 52.6 Å². The summed E-state index contributed by atoms with van der Waals surface area (Å²) < 4.78 is 11.8. The number of rotatable bonds is 8. The number of fused-ring (bicyclic) bond motifs is 2. The van der Waals surface area contributed by atoms with Gasteiger partial charge >= 0.3 is 0 Å². The molecule has 2 aromatic carbocycles. The molecule has 1 atom stereocenters. The lowest BCUT2D eigenvalue weighted by Gasteiger charge is -2.26. The second kappa shape index (κ2) is 9.83. The molecule has 3 aromatic rings. The first-order valence-corrected chi connectivity index (χ1v) is 12.0. The summed E-state index contributed by atoms with van der Waals surface area (Å²) in [5.41, 5.74) is 2.76. The van der Waals surface area contributed by atoms with Gasteiger partial charge in [-0.1, -0.05) is 18.2 Å². The summed E-state index contributed by atoms with van der Waals surface area (Å²) in [6, 6.07) is 12.2.